The van der Waals surface area contributed by atoms with E-state index >= 15 is 0 Å². The van der Waals surface area contributed by atoms with Crippen LogP contribution in [0.5, 0.6) is 0 Å². The first kappa shape index (κ1) is 25.4. The van der Waals surface area contributed by atoms with E-state index < -0.39 is 48.6 Å². The maximum absolute atomic E-state index is 14.1. The predicted octanol–water partition coefficient (Wildman–Crippen LogP) is 5.37. The van der Waals surface area contributed by atoms with Gasteiger partial charge in [-0.2, -0.15) is 31.4 Å². The fourth-order valence-corrected chi connectivity index (χ4v) is 4.83. The summed E-state index contributed by atoms with van der Waals surface area (Å²) in [6.45, 7) is 3.26. The highest BCUT2D eigenvalue weighted by Gasteiger charge is 2.41. The molecule has 4 aromatic rings. The number of benzene rings is 2. The van der Waals surface area contributed by atoms with Crippen LogP contribution in [0.15, 0.2) is 59.7 Å². The molecule has 0 radical (unpaired) electrons. The van der Waals surface area contributed by atoms with Gasteiger partial charge >= 0.3 is 12.4 Å². The van der Waals surface area contributed by atoms with E-state index in [9.17, 15) is 35.9 Å². The number of hydrogen-bond donors (Lipinski definition) is 2. The molecule has 2 aromatic carbocycles. The summed E-state index contributed by atoms with van der Waals surface area (Å²) < 4.78 is 83.4. The van der Waals surface area contributed by atoms with Gasteiger partial charge in [-0.1, -0.05) is 20.1 Å². The molecule has 0 atom stereocenters. The third-order valence-corrected chi connectivity index (χ3v) is 6.70. The van der Waals surface area contributed by atoms with Crippen molar-refractivity contribution in [1.29, 1.82) is 0 Å². The van der Waals surface area contributed by atoms with Crippen LogP contribution in [-0.2, 0) is 12.4 Å². The second kappa shape index (κ2) is 9.09. The lowest BCUT2D eigenvalue weighted by molar-refractivity contribution is -0.143. The number of aromatic amines is 1. The SMILES string of the molecule is CP(C)c1ccc(NC(=O)c2cnn(-c3cccc4c(=O)[nH]ccc34)c2C(F)(F)F)cc1C(F)(F)F. The molecule has 36 heavy (non-hydrogen) atoms. The van der Waals surface area contributed by atoms with Gasteiger partial charge in [-0.15, -0.1) is 0 Å². The first-order chi connectivity index (χ1) is 16.8. The molecule has 0 saturated carbocycles. The molecule has 4 rings (SSSR count). The molecular formula is C23H17F6N4O2P. The second-order valence-corrected chi connectivity index (χ2v) is 10.2. The zero-order chi connectivity index (χ0) is 26.4. The van der Waals surface area contributed by atoms with E-state index in [4.69, 9.17) is 0 Å². The number of anilines is 1. The van der Waals surface area contributed by atoms with E-state index in [1.54, 1.807) is 13.3 Å². The Balaban J connectivity index is 1.80. The number of carbonyl (C=O) groups excluding carboxylic acids is 1. The van der Waals surface area contributed by atoms with Crippen molar-refractivity contribution in [3.63, 3.8) is 0 Å². The molecule has 0 aliphatic carbocycles. The monoisotopic (exact) mass is 526 g/mol. The number of halogens is 6. The van der Waals surface area contributed by atoms with Crippen LogP contribution >= 0.6 is 7.92 Å². The summed E-state index contributed by atoms with van der Waals surface area (Å²) >= 11 is 0. The maximum Gasteiger partial charge on any atom is 0.434 e. The van der Waals surface area contributed by atoms with Crippen molar-refractivity contribution in [2.75, 3.05) is 18.6 Å². The summed E-state index contributed by atoms with van der Waals surface area (Å²) in [6.07, 6.45) is -7.83. The number of aromatic nitrogens is 3. The summed E-state index contributed by atoms with van der Waals surface area (Å²) in [7, 11) is -1.14. The largest absolute Gasteiger partial charge is 0.434 e. The molecule has 0 unspecified atom stereocenters. The van der Waals surface area contributed by atoms with E-state index in [1.807, 2.05) is 0 Å². The van der Waals surface area contributed by atoms with Gasteiger partial charge in [0.05, 0.1) is 23.0 Å². The number of fused-ring (bicyclic) bond motifs is 1. The molecule has 0 saturated heterocycles. The summed E-state index contributed by atoms with van der Waals surface area (Å²) in [5, 5.41) is 6.17. The van der Waals surface area contributed by atoms with Crippen molar-refractivity contribution in [3.05, 3.63) is 82.0 Å². The van der Waals surface area contributed by atoms with Gasteiger partial charge in [0, 0.05) is 22.7 Å². The Bertz CT molecular complexity index is 1520. The summed E-state index contributed by atoms with van der Waals surface area (Å²) in [6, 6.07) is 8.58. The molecule has 188 valence electrons. The van der Waals surface area contributed by atoms with Crippen LogP contribution in [0.3, 0.4) is 0 Å². The number of rotatable bonds is 4. The highest BCUT2D eigenvalue weighted by molar-refractivity contribution is 7.64. The van der Waals surface area contributed by atoms with Crippen LogP contribution in [0.1, 0.15) is 21.6 Å². The lowest BCUT2D eigenvalue weighted by Gasteiger charge is -2.18. The van der Waals surface area contributed by atoms with Gasteiger partial charge in [-0.25, -0.2) is 4.68 Å². The van der Waals surface area contributed by atoms with Gasteiger partial charge in [-0.05, 0) is 49.0 Å². The number of nitrogens with one attached hydrogen (secondary N) is 2. The van der Waals surface area contributed by atoms with Crippen LogP contribution < -0.4 is 16.2 Å². The van der Waals surface area contributed by atoms with Crippen LogP contribution in [0, 0.1) is 0 Å². The third-order valence-electron chi connectivity index (χ3n) is 5.34. The Labute approximate surface area is 200 Å². The minimum absolute atomic E-state index is 0.0465. The molecular weight excluding hydrogens is 509 g/mol. The smallest absolute Gasteiger partial charge is 0.329 e. The average molecular weight is 526 g/mol. The molecule has 1 amide bonds. The molecule has 0 spiro atoms. The number of nitrogens with zero attached hydrogens (tertiary/aromatic N) is 2. The van der Waals surface area contributed by atoms with Crippen LogP contribution in [-0.4, -0.2) is 34.0 Å². The summed E-state index contributed by atoms with van der Waals surface area (Å²) in [4.78, 5) is 27.3. The Morgan fingerprint density at radius 1 is 1.00 bits per heavy atom. The molecule has 2 heterocycles. The Morgan fingerprint density at radius 3 is 2.36 bits per heavy atom. The van der Waals surface area contributed by atoms with Crippen molar-refractivity contribution >= 4 is 35.6 Å². The van der Waals surface area contributed by atoms with Crippen molar-refractivity contribution in [3.8, 4) is 5.69 Å². The van der Waals surface area contributed by atoms with Gasteiger partial charge in [0.1, 0.15) is 0 Å². The van der Waals surface area contributed by atoms with E-state index in [-0.39, 0.29) is 27.5 Å². The number of amides is 1. The number of hydrogen-bond acceptors (Lipinski definition) is 3. The third kappa shape index (κ3) is 4.73. The molecule has 2 aromatic heterocycles. The lowest BCUT2D eigenvalue weighted by atomic mass is 10.1. The quantitative estimate of drug-likeness (QED) is 0.277. The molecule has 0 aliphatic heterocycles. The number of H-pyrrole nitrogens is 1. The predicted molar refractivity (Wildman–Crippen MR) is 124 cm³/mol. The summed E-state index contributed by atoms with van der Waals surface area (Å²) in [5.41, 5.74) is -4.25. The minimum atomic E-state index is -5.06. The normalized spacial score (nSPS) is 12.4. The van der Waals surface area contributed by atoms with Crippen LogP contribution in [0.4, 0.5) is 32.0 Å². The Hall–Kier alpha value is -3.66. The highest BCUT2D eigenvalue weighted by atomic mass is 31.1. The van der Waals surface area contributed by atoms with Gasteiger partial charge < -0.3 is 10.3 Å². The standard InChI is InChI=1S/C23H17F6N4O2P/c1-36(2)18-7-6-12(10-16(18)22(24,25)26)32-21(35)15-11-31-33(19(15)23(27,28)29)17-5-3-4-14-13(17)8-9-30-20(14)34/h3-11H,1-2H3,(H,30,34)(H,32,35). The molecule has 6 nitrogen and oxygen atoms in total. The van der Waals surface area contributed by atoms with Gasteiger partial charge in [-0.3, -0.25) is 9.59 Å². The Kier molecular flexibility index (Phi) is 6.42. The Morgan fingerprint density at radius 2 is 1.72 bits per heavy atom. The van der Waals surface area contributed by atoms with Gasteiger partial charge in [0.15, 0.2) is 5.69 Å². The van der Waals surface area contributed by atoms with Crippen molar-refractivity contribution in [2.24, 2.45) is 0 Å². The van der Waals surface area contributed by atoms with Gasteiger partial charge in [0.25, 0.3) is 11.5 Å². The van der Waals surface area contributed by atoms with Crippen LogP contribution in [0.2, 0.25) is 0 Å². The van der Waals surface area contributed by atoms with Crippen molar-refractivity contribution < 1.29 is 31.1 Å². The molecule has 13 heteroatoms. The minimum Gasteiger partial charge on any atom is -0.329 e. The molecule has 0 bridgehead atoms. The molecule has 0 aliphatic rings. The zero-order valence-electron chi connectivity index (χ0n) is 18.6. The van der Waals surface area contributed by atoms with Crippen molar-refractivity contribution in [2.45, 2.75) is 12.4 Å². The number of alkyl halides is 6. The first-order valence-corrected chi connectivity index (χ1v) is 12.5. The topological polar surface area (TPSA) is 79.8 Å². The van der Waals surface area contributed by atoms with Crippen molar-refractivity contribution in [1.82, 2.24) is 14.8 Å². The fraction of sp³-hybridized carbons (Fsp3) is 0.174. The van der Waals surface area contributed by atoms with E-state index in [0.29, 0.717) is 16.9 Å². The average Bonchev–Trinajstić information content (AvgIpc) is 3.24. The van der Waals surface area contributed by atoms with Crippen LogP contribution in [0.25, 0.3) is 16.5 Å². The zero-order valence-corrected chi connectivity index (χ0v) is 19.5. The maximum atomic E-state index is 14.1. The highest BCUT2D eigenvalue weighted by Crippen LogP contribution is 2.38. The van der Waals surface area contributed by atoms with E-state index in [2.05, 4.69) is 15.4 Å². The molecule has 0 fully saturated rings. The molecule has 2 N–H and O–H groups in total. The van der Waals surface area contributed by atoms with E-state index in [0.717, 1.165) is 0 Å². The number of pyridine rings is 1. The second-order valence-electron chi connectivity index (χ2n) is 7.94. The van der Waals surface area contributed by atoms with E-state index in [1.165, 1.54) is 42.6 Å². The fourth-order valence-electron chi connectivity index (χ4n) is 3.79. The van der Waals surface area contributed by atoms with Gasteiger partial charge in [0.2, 0.25) is 0 Å². The number of carbonyl (C=O) groups is 1. The lowest BCUT2D eigenvalue weighted by Crippen LogP contribution is -2.22. The summed E-state index contributed by atoms with van der Waals surface area (Å²) in [5.74, 6) is -1.29. The first-order valence-electron chi connectivity index (χ1n) is 10.2.